The van der Waals surface area contributed by atoms with Crippen LogP contribution in [0, 0.1) is 0 Å². The standard InChI is InChI=1S/C11H13BrN2O/c1-8(12)7-14-11(15)10(13)9-5-3-2-4-6-9/h2-6,10H,1,7,13H2,(H,14,15)/t10-/m0/s1. The number of nitrogens with one attached hydrogen (secondary N) is 1. The van der Waals surface area contributed by atoms with Gasteiger partial charge in [-0.3, -0.25) is 4.79 Å². The molecule has 3 N–H and O–H groups in total. The number of hydrogen-bond donors (Lipinski definition) is 2. The molecule has 0 spiro atoms. The summed E-state index contributed by atoms with van der Waals surface area (Å²) in [6.45, 7) is 4.01. The van der Waals surface area contributed by atoms with Crippen molar-refractivity contribution in [1.29, 1.82) is 0 Å². The molecule has 0 aliphatic rings. The maximum atomic E-state index is 11.5. The molecule has 1 aromatic rings. The number of benzene rings is 1. The second kappa shape index (κ2) is 5.68. The minimum Gasteiger partial charge on any atom is -0.350 e. The van der Waals surface area contributed by atoms with Crippen LogP contribution >= 0.6 is 15.9 Å². The summed E-state index contributed by atoms with van der Waals surface area (Å²) in [5.41, 5.74) is 6.57. The highest BCUT2D eigenvalue weighted by Gasteiger charge is 2.14. The van der Waals surface area contributed by atoms with Crippen molar-refractivity contribution in [2.45, 2.75) is 6.04 Å². The number of rotatable bonds is 4. The van der Waals surface area contributed by atoms with E-state index in [1.807, 2.05) is 30.3 Å². The Bertz CT molecular complexity index is 351. The van der Waals surface area contributed by atoms with Crippen molar-refractivity contribution >= 4 is 21.8 Å². The van der Waals surface area contributed by atoms with Crippen molar-refractivity contribution in [2.75, 3.05) is 6.54 Å². The fraction of sp³-hybridized carbons (Fsp3) is 0.182. The Morgan fingerprint density at radius 3 is 2.60 bits per heavy atom. The number of carbonyl (C=O) groups is 1. The molecule has 0 saturated heterocycles. The lowest BCUT2D eigenvalue weighted by atomic mass is 10.1. The lowest BCUT2D eigenvalue weighted by molar-refractivity contribution is -0.122. The fourth-order valence-corrected chi connectivity index (χ4v) is 1.24. The molecule has 4 heteroatoms. The van der Waals surface area contributed by atoms with Crippen LogP contribution in [0.1, 0.15) is 11.6 Å². The van der Waals surface area contributed by atoms with Gasteiger partial charge in [0, 0.05) is 11.0 Å². The molecule has 0 fully saturated rings. The van der Waals surface area contributed by atoms with Gasteiger partial charge in [-0.15, -0.1) is 0 Å². The van der Waals surface area contributed by atoms with Gasteiger partial charge in [-0.1, -0.05) is 52.8 Å². The Kier molecular flexibility index (Phi) is 4.52. The number of hydrogen-bond acceptors (Lipinski definition) is 2. The van der Waals surface area contributed by atoms with E-state index < -0.39 is 6.04 Å². The first-order valence-corrected chi connectivity index (χ1v) is 5.32. The van der Waals surface area contributed by atoms with E-state index in [4.69, 9.17) is 5.73 Å². The van der Waals surface area contributed by atoms with Gasteiger partial charge in [-0.25, -0.2) is 0 Å². The lowest BCUT2D eigenvalue weighted by Crippen LogP contribution is -2.34. The Hall–Kier alpha value is -1.13. The summed E-state index contributed by atoms with van der Waals surface area (Å²) in [5.74, 6) is -0.207. The Morgan fingerprint density at radius 2 is 2.07 bits per heavy atom. The fourth-order valence-electron chi connectivity index (χ4n) is 1.10. The first-order chi connectivity index (χ1) is 7.11. The van der Waals surface area contributed by atoms with E-state index in [1.165, 1.54) is 0 Å². The van der Waals surface area contributed by atoms with Gasteiger partial charge in [0.15, 0.2) is 0 Å². The molecule has 1 amide bonds. The molecule has 15 heavy (non-hydrogen) atoms. The van der Waals surface area contributed by atoms with Crippen molar-refractivity contribution in [3.63, 3.8) is 0 Å². The van der Waals surface area contributed by atoms with Gasteiger partial charge in [-0.05, 0) is 5.56 Å². The highest BCUT2D eigenvalue weighted by molar-refractivity contribution is 9.11. The first-order valence-electron chi connectivity index (χ1n) is 4.53. The Morgan fingerprint density at radius 1 is 1.47 bits per heavy atom. The number of nitrogens with two attached hydrogens (primary N) is 1. The zero-order valence-electron chi connectivity index (χ0n) is 8.24. The second-order valence-corrected chi connectivity index (χ2v) is 4.24. The van der Waals surface area contributed by atoms with Crippen LogP contribution in [0.4, 0.5) is 0 Å². The molecule has 0 aliphatic heterocycles. The van der Waals surface area contributed by atoms with Gasteiger partial charge in [0.1, 0.15) is 6.04 Å². The van der Waals surface area contributed by atoms with Crippen LogP contribution in [0.2, 0.25) is 0 Å². The summed E-state index contributed by atoms with van der Waals surface area (Å²) in [6, 6.07) is 8.62. The Balaban J connectivity index is 2.57. The molecule has 0 saturated carbocycles. The summed E-state index contributed by atoms with van der Waals surface area (Å²) in [7, 11) is 0. The predicted molar refractivity (Wildman–Crippen MR) is 64.4 cm³/mol. The van der Waals surface area contributed by atoms with Gasteiger partial charge < -0.3 is 11.1 Å². The summed E-state index contributed by atoms with van der Waals surface area (Å²) in [5, 5.41) is 2.67. The van der Waals surface area contributed by atoms with Crippen LogP contribution in [0.15, 0.2) is 41.4 Å². The molecule has 0 heterocycles. The molecule has 0 radical (unpaired) electrons. The van der Waals surface area contributed by atoms with Crippen molar-refractivity contribution in [2.24, 2.45) is 5.73 Å². The maximum Gasteiger partial charge on any atom is 0.241 e. The molecular weight excluding hydrogens is 256 g/mol. The molecule has 0 unspecified atom stereocenters. The summed E-state index contributed by atoms with van der Waals surface area (Å²) < 4.78 is 0.719. The van der Waals surface area contributed by atoms with Crippen LogP contribution in [0.25, 0.3) is 0 Å². The van der Waals surface area contributed by atoms with E-state index in [-0.39, 0.29) is 5.91 Å². The molecule has 80 valence electrons. The van der Waals surface area contributed by atoms with Crippen LogP contribution in [-0.4, -0.2) is 12.5 Å². The topological polar surface area (TPSA) is 55.1 Å². The van der Waals surface area contributed by atoms with Crippen LogP contribution in [-0.2, 0) is 4.79 Å². The third kappa shape index (κ3) is 3.85. The van der Waals surface area contributed by atoms with E-state index in [2.05, 4.69) is 27.8 Å². The van der Waals surface area contributed by atoms with E-state index in [1.54, 1.807) is 0 Å². The summed E-state index contributed by atoms with van der Waals surface area (Å²) in [6.07, 6.45) is 0. The molecule has 1 aromatic carbocycles. The van der Waals surface area contributed by atoms with E-state index in [0.717, 1.165) is 10.0 Å². The van der Waals surface area contributed by atoms with Gasteiger partial charge in [-0.2, -0.15) is 0 Å². The molecule has 0 aliphatic carbocycles. The largest absolute Gasteiger partial charge is 0.350 e. The second-order valence-electron chi connectivity index (χ2n) is 3.12. The van der Waals surface area contributed by atoms with E-state index in [0.29, 0.717) is 6.54 Å². The highest BCUT2D eigenvalue weighted by Crippen LogP contribution is 2.09. The minimum absolute atomic E-state index is 0.207. The molecule has 1 atom stereocenters. The summed E-state index contributed by atoms with van der Waals surface area (Å²) in [4.78, 5) is 11.5. The number of halogens is 1. The zero-order valence-corrected chi connectivity index (χ0v) is 9.83. The van der Waals surface area contributed by atoms with Crippen molar-refractivity contribution in [1.82, 2.24) is 5.32 Å². The molecule has 0 bridgehead atoms. The highest BCUT2D eigenvalue weighted by atomic mass is 79.9. The normalized spacial score (nSPS) is 11.9. The third-order valence-electron chi connectivity index (χ3n) is 1.90. The average Bonchev–Trinajstić information content (AvgIpc) is 2.26. The van der Waals surface area contributed by atoms with Crippen LogP contribution < -0.4 is 11.1 Å². The zero-order chi connectivity index (χ0) is 11.3. The SMILES string of the molecule is C=C(Br)CNC(=O)[C@@H](N)c1ccccc1. The number of amides is 1. The number of carbonyl (C=O) groups excluding carboxylic acids is 1. The van der Waals surface area contributed by atoms with Gasteiger partial charge in [0.2, 0.25) is 5.91 Å². The summed E-state index contributed by atoms with van der Waals surface area (Å²) >= 11 is 3.16. The van der Waals surface area contributed by atoms with Gasteiger partial charge >= 0.3 is 0 Å². The molecule has 0 aromatic heterocycles. The molecular formula is C11H13BrN2O. The van der Waals surface area contributed by atoms with Gasteiger partial charge in [0.25, 0.3) is 0 Å². The minimum atomic E-state index is -0.627. The van der Waals surface area contributed by atoms with Crippen molar-refractivity contribution in [3.05, 3.63) is 47.0 Å². The van der Waals surface area contributed by atoms with E-state index in [9.17, 15) is 4.79 Å². The Labute approximate surface area is 97.5 Å². The quantitative estimate of drug-likeness (QED) is 0.874. The average molecular weight is 269 g/mol. The smallest absolute Gasteiger partial charge is 0.241 e. The lowest BCUT2D eigenvalue weighted by Gasteiger charge is -2.11. The predicted octanol–water partition coefficient (Wildman–Crippen LogP) is 1.71. The van der Waals surface area contributed by atoms with Crippen molar-refractivity contribution < 1.29 is 4.79 Å². The van der Waals surface area contributed by atoms with Crippen LogP contribution in [0.5, 0.6) is 0 Å². The third-order valence-corrected chi connectivity index (χ3v) is 2.18. The monoisotopic (exact) mass is 268 g/mol. The van der Waals surface area contributed by atoms with Crippen LogP contribution in [0.3, 0.4) is 0 Å². The molecule has 3 nitrogen and oxygen atoms in total. The maximum absolute atomic E-state index is 11.5. The molecule has 1 rings (SSSR count). The van der Waals surface area contributed by atoms with E-state index >= 15 is 0 Å². The van der Waals surface area contributed by atoms with Gasteiger partial charge in [0.05, 0.1) is 0 Å². The van der Waals surface area contributed by atoms with Crippen molar-refractivity contribution in [3.8, 4) is 0 Å². The first kappa shape index (κ1) is 11.9.